The van der Waals surface area contributed by atoms with Gasteiger partial charge in [-0.2, -0.15) is 0 Å². The van der Waals surface area contributed by atoms with Gasteiger partial charge in [0, 0.05) is 6.54 Å². The molecule has 4 atom stereocenters. The van der Waals surface area contributed by atoms with Gasteiger partial charge in [-0.1, -0.05) is 25.0 Å². The number of hydrogen-bond acceptors (Lipinski definition) is 6. The van der Waals surface area contributed by atoms with E-state index in [2.05, 4.69) is 29.6 Å². The summed E-state index contributed by atoms with van der Waals surface area (Å²) >= 11 is 0. The van der Waals surface area contributed by atoms with Gasteiger partial charge in [0.1, 0.15) is 17.8 Å². The Labute approximate surface area is 208 Å². The molecule has 0 unspecified atom stereocenters. The molecule has 2 fully saturated rings. The summed E-state index contributed by atoms with van der Waals surface area (Å²) in [6, 6.07) is 4.75. The number of benzene rings is 1. The van der Waals surface area contributed by atoms with E-state index in [-0.39, 0.29) is 29.9 Å². The number of unbranched alkanes of at least 4 members (excludes halogenated alkanes) is 4. The second-order valence-electron chi connectivity index (χ2n) is 9.99. The Morgan fingerprint density at radius 1 is 1.11 bits per heavy atom. The molecular weight excluding hydrogens is 446 g/mol. The third-order valence-electron chi connectivity index (χ3n) is 7.02. The molecule has 5 N–H and O–H groups in total. The first-order chi connectivity index (χ1) is 16.8. The molecule has 0 aliphatic carbocycles. The van der Waals surface area contributed by atoms with Crippen LogP contribution in [0, 0.1) is 5.92 Å². The number of aromatic hydroxyl groups is 1. The zero-order chi connectivity index (χ0) is 25.4. The average Bonchev–Trinajstić information content (AvgIpc) is 3.23. The van der Waals surface area contributed by atoms with Crippen LogP contribution in [0.1, 0.15) is 63.0 Å². The van der Waals surface area contributed by atoms with Crippen LogP contribution < -0.4 is 16.4 Å². The van der Waals surface area contributed by atoms with Gasteiger partial charge < -0.3 is 31.3 Å². The van der Waals surface area contributed by atoms with E-state index < -0.39 is 24.0 Å². The van der Waals surface area contributed by atoms with Crippen molar-refractivity contribution < 1.29 is 19.5 Å². The standard InChI is InChI=1S/C26H41N5O4/c1-30(2)16-8-4-3-7-15-28-24(33)20-17-22-25(34)29-21(9-5-6-14-27)26(35)31(22)23(20)18-10-12-19(32)13-11-18/h10-13,20-23,32H,3-9,14-17,27H2,1-2H3,(H,28,33)(H,29,34)/t20-,21-,22-,23-/m0/s1. The van der Waals surface area contributed by atoms with E-state index in [1.54, 1.807) is 29.2 Å². The van der Waals surface area contributed by atoms with Crippen LogP contribution in [0.4, 0.5) is 0 Å². The highest BCUT2D eigenvalue weighted by molar-refractivity contribution is 5.99. The lowest BCUT2D eigenvalue weighted by molar-refractivity contribution is -0.149. The fourth-order valence-corrected chi connectivity index (χ4v) is 5.16. The molecule has 194 valence electrons. The number of phenolic OH excluding ortho intramolecular Hbond substituents is 1. The average molecular weight is 488 g/mol. The fourth-order valence-electron chi connectivity index (χ4n) is 5.16. The molecule has 3 rings (SSSR count). The molecule has 0 bridgehead atoms. The molecule has 1 aromatic carbocycles. The van der Waals surface area contributed by atoms with E-state index in [0.717, 1.165) is 50.6 Å². The largest absolute Gasteiger partial charge is 0.508 e. The maximum Gasteiger partial charge on any atom is 0.246 e. The number of hydrogen-bond donors (Lipinski definition) is 4. The van der Waals surface area contributed by atoms with Gasteiger partial charge in [0.25, 0.3) is 0 Å². The SMILES string of the molecule is CN(C)CCCCCCNC(=O)[C@H]1C[C@H]2C(=O)N[C@@H](CCCCN)C(=O)N2[C@H]1c1ccc(O)cc1. The number of carbonyl (C=O) groups is 3. The number of nitrogens with zero attached hydrogens (tertiary/aromatic N) is 2. The molecule has 0 aromatic heterocycles. The van der Waals surface area contributed by atoms with Crippen LogP contribution in [0.5, 0.6) is 5.75 Å². The second-order valence-corrected chi connectivity index (χ2v) is 9.99. The second kappa shape index (κ2) is 12.9. The van der Waals surface area contributed by atoms with Gasteiger partial charge in [-0.25, -0.2) is 0 Å². The van der Waals surface area contributed by atoms with Gasteiger partial charge >= 0.3 is 0 Å². The Morgan fingerprint density at radius 2 is 1.83 bits per heavy atom. The van der Waals surface area contributed by atoms with E-state index in [1.807, 2.05) is 0 Å². The Morgan fingerprint density at radius 3 is 2.51 bits per heavy atom. The summed E-state index contributed by atoms with van der Waals surface area (Å²) in [6.07, 6.45) is 6.52. The highest BCUT2D eigenvalue weighted by Crippen LogP contribution is 2.43. The van der Waals surface area contributed by atoms with Crippen molar-refractivity contribution in [2.45, 2.75) is 69.5 Å². The summed E-state index contributed by atoms with van der Waals surface area (Å²) in [6.45, 7) is 2.17. The van der Waals surface area contributed by atoms with Crippen LogP contribution in [0.3, 0.4) is 0 Å². The van der Waals surface area contributed by atoms with E-state index in [1.165, 1.54) is 0 Å². The van der Waals surface area contributed by atoms with E-state index in [9.17, 15) is 19.5 Å². The van der Waals surface area contributed by atoms with Crippen molar-refractivity contribution in [3.63, 3.8) is 0 Å². The van der Waals surface area contributed by atoms with Crippen molar-refractivity contribution in [1.82, 2.24) is 20.4 Å². The molecule has 0 saturated carbocycles. The quantitative estimate of drug-likeness (QED) is 0.312. The number of phenols is 1. The summed E-state index contributed by atoms with van der Waals surface area (Å²) < 4.78 is 0. The predicted molar refractivity (Wildman–Crippen MR) is 134 cm³/mol. The number of nitrogens with two attached hydrogens (primary N) is 1. The maximum absolute atomic E-state index is 13.5. The van der Waals surface area contributed by atoms with Gasteiger partial charge in [0.05, 0.1) is 12.0 Å². The van der Waals surface area contributed by atoms with E-state index >= 15 is 0 Å². The summed E-state index contributed by atoms with van der Waals surface area (Å²) in [5, 5.41) is 15.7. The summed E-state index contributed by atoms with van der Waals surface area (Å²) in [5.74, 6) is -0.911. The molecule has 2 heterocycles. The molecule has 9 nitrogen and oxygen atoms in total. The molecule has 35 heavy (non-hydrogen) atoms. The summed E-state index contributed by atoms with van der Waals surface area (Å²) in [4.78, 5) is 43.5. The normalized spacial score (nSPS) is 23.9. The fraction of sp³-hybridized carbons (Fsp3) is 0.654. The van der Waals surface area contributed by atoms with Gasteiger partial charge in [-0.15, -0.1) is 0 Å². The van der Waals surface area contributed by atoms with Crippen LogP contribution in [-0.2, 0) is 14.4 Å². The summed E-state index contributed by atoms with van der Waals surface area (Å²) in [5.41, 5.74) is 6.34. The molecule has 0 spiro atoms. The number of amides is 3. The number of rotatable bonds is 13. The number of fused-ring (bicyclic) bond motifs is 1. The molecule has 2 aliphatic rings. The van der Waals surface area contributed by atoms with Crippen LogP contribution in [0.2, 0.25) is 0 Å². The van der Waals surface area contributed by atoms with Crippen molar-refractivity contribution in [1.29, 1.82) is 0 Å². The number of nitrogens with one attached hydrogen (secondary N) is 2. The molecule has 3 amide bonds. The van der Waals surface area contributed by atoms with Crippen LogP contribution in [0.25, 0.3) is 0 Å². The molecule has 2 saturated heterocycles. The third kappa shape index (κ3) is 6.95. The highest BCUT2D eigenvalue weighted by atomic mass is 16.3. The number of piperazine rings is 1. The van der Waals surface area contributed by atoms with Crippen molar-refractivity contribution in [2.75, 3.05) is 33.7 Å². The van der Waals surface area contributed by atoms with Crippen molar-refractivity contribution in [3.8, 4) is 5.75 Å². The first kappa shape index (κ1) is 26.9. The minimum absolute atomic E-state index is 0.112. The van der Waals surface area contributed by atoms with E-state index in [4.69, 9.17) is 5.73 Å². The predicted octanol–water partition coefficient (Wildman–Crippen LogP) is 1.52. The zero-order valence-corrected chi connectivity index (χ0v) is 21.0. The zero-order valence-electron chi connectivity index (χ0n) is 21.0. The Hall–Kier alpha value is -2.65. The van der Waals surface area contributed by atoms with Crippen LogP contribution in [0.15, 0.2) is 24.3 Å². The Kier molecular flexibility index (Phi) is 9.92. The van der Waals surface area contributed by atoms with Gasteiger partial charge in [0.2, 0.25) is 17.7 Å². The van der Waals surface area contributed by atoms with E-state index in [0.29, 0.717) is 19.5 Å². The van der Waals surface area contributed by atoms with Gasteiger partial charge in [0.15, 0.2) is 0 Å². The molecule has 1 aromatic rings. The third-order valence-corrected chi connectivity index (χ3v) is 7.02. The van der Waals surface area contributed by atoms with Crippen LogP contribution in [-0.4, -0.2) is 78.4 Å². The van der Waals surface area contributed by atoms with Crippen LogP contribution >= 0.6 is 0 Å². The lowest BCUT2D eigenvalue weighted by atomic mass is 9.92. The summed E-state index contributed by atoms with van der Waals surface area (Å²) in [7, 11) is 4.13. The van der Waals surface area contributed by atoms with Gasteiger partial charge in [-0.3, -0.25) is 14.4 Å². The highest BCUT2D eigenvalue weighted by Gasteiger charge is 2.54. The lowest BCUT2D eigenvalue weighted by Gasteiger charge is -2.38. The van der Waals surface area contributed by atoms with Crippen molar-refractivity contribution >= 4 is 17.7 Å². The smallest absolute Gasteiger partial charge is 0.246 e. The van der Waals surface area contributed by atoms with Crippen molar-refractivity contribution in [3.05, 3.63) is 29.8 Å². The minimum atomic E-state index is -0.672. The lowest BCUT2D eigenvalue weighted by Crippen LogP contribution is -2.61. The first-order valence-corrected chi connectivity index (χ1v) is 12.9. The molecule has 0 radical (unpaired) electrons. The Bertz CT molecular complexity index is 860. The van der Waals surface area contributed by atoms with Gasteiger partial charge in [-0.05, 0) is 83.4 Å². The first-order valence-electron chi connectivity index (χ1n) is 12.9. The molecule has 2 aliphatic heterocycles. The number of carbonyl (C=O) groups excluding carboxylic acids is 3. The monoisotopic (exact) mass is 487 g/mol. The molecular formula is C26H41N5O4. The Balaban J connectivity index is 1.70. The molecule has 9 heteroatoms. The topological polar surface area (TPSA) is 128 Å². The maximum atomic E-state index is 13.5. The minimum Gasteiger partial charge on any atom is -0.508 e. The van der Waals surface area contributed by atoms with Crippen molar-refractivity contribution in [2.24, 2.45) is 11.7 Å².